The summed E-state index contributed by atoms with van der Waals surface area (Å²) in [6.45, 7) is 2.48. The van der Waals surface area contributed by atoms with Crippen molar-refractivity contribution in [3.63, 3.8) is 0 Å². The summed E-state index contributed by atoms with van der Waals surface area (Å²) >= 11 is 6.89. The molecule has 18 heavy (non-hydrogen) atoms. The number of anilines is 1. The Kier molecular flexibility index (Phi) is 4.98. The highest BCUT2D eigenvalue weighted by Crippen LogP contribution is 2.25. The van der Waals surface area contributed by atoms with Crippen molar-refractivity contribution in [3.8, 4) is 6.07 Å². The number of hydrogen-bond donors (Lipinski definition) is 1. The first-order valence-electron chi connectivity index (χ1n) is 5.86. The Morgan fingerprint density at radius 1 is 1.44 bits per heavy atom. The van der Waals surface area contributed by atoms with Gasteiger partial charge >= 0.3 is 0 Å². The summed E-state index contributed by atoms with van der Waals surface area (Å²) in [6, 6.07) is 4.62. The topological polar surface area (TPSA) is 52.0 Å². The second-order valence-electron chi connectivity index (χ2n) is 4.34. The average Bonchev–Trinajstić information content (AvgIpc) is 2.35. The Balaban J connectivity index is 1.90. The van der Waals surface area contributed by atoms with E-state index in [9.17, 15) is 0 Å². The van der Waals surface area contributed by atoms with Crippen LogP contribution in [-0.4, -0.2) is 35.6 Å². The van der Waals surface area contributed by atoms with Crippen LogP contribution in [0.25, 0.3) is 0 Å². The van der Waals surface area contributed by atoms with Crippen molar-refractivity contribution in [2.75, 3.05) is 25.0 Å². The molecule has 1 aromatic rings. The molecule has 2 heterocycles. The van der Waals surface area contributed by atoms with Gasteiger partial charge in [0, 0.05) is 29.8 Å². The lowest BCUT2D eigenvalue weighted by molar-refractivity contribution is 0.242. The largest absolute Gasteiger partial charge is 0.366 e. The van der Waals surface area contributed by atoms with Crippen LogP contribution in [0, 0.1) is 11.3 Å². The smallest absolute Gasteiger partial charge is 0.140 e. The maximum atomic E-state index is 8.65. The van der Waals surface area contributed by atoms with Crippen molar-refractivity contribution in [2.45, 2.75) is 18.9 Å². The Labute approximate surface area is 124 Å². The van der Waals surface area contributed by atoms with E-state index in [2.05, 4.69) is 53.1 Å². The molecule has 0 unspecified atom stereocenters. The first-order chi connectivity index (χ1) is 8.69. The maximum absolute atomic E-state index is 8.65. The van der Waals surface area contributed by atoms with E-state index < -0.39 is 0 Å². The Bertz CT molecular complexity index is 450. The molecule has 0 atom stereocenters. The first-order valence-corrected chi connectivity index (χ1v) is 7.44. The summed E-state index contributed by atoms with van der Waals surface area (Å²) in [6.07, 6.45) is 3.88. The number of piperidine rings is 1. The van der Waals surface area contributed by atoms with E-state index in [0.717, 1.165) is 40.7 Å². The highest BCUT2D eigenvalue weighted by molar-refractivity contribution is 9.11. The van der Waals surface area contributed by atoms with Crippen LogP contribution in [0.15, 0.2) is 21.2 Å². The number of nitrogens with zero attached hydrogens (tertiary/aromatic N) is 3. The molecule has 0 bridgehead atoms. The Morgan fingerprint density at radius 3 is 2.78 bits per heavy atom. The molecule has 0 spiro atoms. The number of likely N-dealkylation sites (tertiary alicyclic amines) is 1. The molecule has 1 aliphatic heterocycles. The summed E-state index contributed by atoms with van der Waals surface area (Å²) in [5.74, 6) is 0.886. The molecule has 6 heteroatoms. The van der Waals surface area contributed by atoms with Crippen LogP contribution < -0.4 is 5.32 Å². The van der Waals surface area contributed by atoms with E-state index in [1.54, 1.807) is 6.20 Å². The zero-order valence-corrected chi connectivity index (χ0v) is 13.0. The van der Waals surface area contributed by atoms with Gasteiger partial charge in [-0.3, -0.25) is 4.90 Å². The number of pyridine rings is 1. The van der Waals surface area contributed by atoms with Crippen molar-refractivity contribution >= 4 is 37.7 Å². The molecular formula is C12H14Br2N4. The number of nitrogens with one attached hydrogen (secondary N) is 1. The first kappa shape index (κ1) is 13.8. The standard InChI is InChI=1S/C12H14Br2N4/c13-9-7-11(14)12(16-8-9)17-10-1-4-18(5-2-10)6-3-15/h7-8,10H,1-2,4-6H2,(H,16,17). The molecule has 0 saturated carbocycles. The molecule has 0 amide bonds. The highest BCUT2D eigenvalue weighted by Gasteiger charge is 2.19. The molecule has 1 saturated heterocycles. The van der Waals surface area contributed by atoms with Gasteiger partial charge in [0.1, 0.15) is 5.82 Å². The quantitative estimate of drug-likeness (QED) is 0.827. The van der Waals surface area contributed by atoms with E-state index in [-0.39, 0.29) is 0 Å². The van der Waals surface area contributed by atoms with Gasteiger partial charge in [-0.05, 0) is 50.8 Å². The van der Waals surface area contributed by atoms with Gasteiger partial charge in [0.05, 0.1) is 17.1 Å². The third kappa shape index (κ3) is 3.67. The fourth-order valence-corrected chi connectivity index (χ4v) is 3.15. The van der Waals surface area contributed by atoms with E-state index in [0.29, 0.717) is 12.6 Å². The zero-order chi connectivity index (χ0) is 13.0. The van der Waals surface area contributed by atoms with Crippen LogP contribution in [0.4, 0.5) is 5.82 Å². The highest BCUT2D eigenvalue weighted by atomic mass is 79.9. The van der Waals surface area contributed by atoms with Crippen LogP contribution in [0.3, 0.4) is 0 Å². The normalized spacial score (nSPS) is 17.4. The second-order valence-corrected chi connectivity index (χ2v) is 6.11. The van der Waals surface area contributed by atoms with Crippen molar-refractivity contribution in [2.24, 2.45) is 0 Å². The van der Waals surface area contributed by atoms with Crippen molar-refractivity contribution in [1.82, 2.24) is 9.88 Å². The summed E-state index contributed by atoms with van der Waals surface area (Å²) in [5, 5.41) is 12.1. The fourth-order valence-electron chi connectivity index (χ4n) is 2.05. The second kappa shape index (κ2) is 6.50. The van der Waals surface area contributed by atoms with Gasteiger partial charge in [0.15, 0.2) is 0 Å². The summed E-state index contributed by atoms with van der Waals surface area (Å²) < 4.78 is 1.93. The molecule has 1 aromatic heterocycles. The maximum Gasteiger partial charge on any atom is 0.140 e. The lowest BCUT2D eigenvalue weighted by atomic mass is 10.1. The van der Waals surface area contributed by atoms with Gasteiger partial charge < -0.3 is 5.32 Å². The molecular weight excluding hydrogens is 360 g/mol. The number of rotatable bonds is 3. The molecule has 0 radical (unpaired) electrons. The van der Waals surface area contributed by atoms with Gasteiger partial charge in [-0.2, -0.15) is 5.26 Å². The summed E-state index contributed by atoms with van der Waals surface area (Å²) in [4.78, 5) is 6.54. The predicted molar refractivity (Wildman–Crippen MR) is 78.3 cm³/mol. The van der Waals surface area contributed by atoms with Gasteiger partial charge in [-0.1, -0.05) is 0 Å². The van der Waals surface area contributed by atoms with E-state index in [1.165, 1.54) is 0 Å². The lowest BCUT2D eigenvalue weighted by Gasteiger charge is -2.31. The van der Waals surface area contributed by atoms with Crippen LogP contribution in [-0.2, 0) is 0 Å². The average molecular weight is 374 g/mol. The number of aromatic nitrogens is 1. The minimum absolute atomic E-state index is 0.435. The zero-order valence-electron chi connectivity index (χ0n) is 9.87. The molecule has 4 nitrogen and oxygen atoms in total. The summed E-state index contributed by atoms with van der Waals surface area (Å²) in [7, 11) is 0. The van der Waals surface area contributed by atoms with E-state index in [4.69, 9.17) is 5.26 Å². The van der Waals surface area contributed by atoms with Gasteiger partial charge in [0.25, 0.3) is 0 Å². The van der Waals surface area contributed by atoms with E-state index in [1.807, 2.05) is 6.07 Å². The van der Waals surface area contributed by atoms with Crippen LogP contribution in [0.5, 0.6) is 0 Å². The number of nitriles is 1. The van der Waals surface area contributed by atoms with Crippen molar-refractivity contribution in [3.05, 3.63) is 21.2 Å². The SMILES string of the molecule is N#CCN1CCC(Nc2ncc(Br)cc2Br)CC1. The minimum atomic E-state index is 0.435. The Hall–Kier alpha value is -0.640. The van der Waals surface area contributed by atoms with Crippen LogP contribution in [0.2, 0.25) is 0 Å². The fraction of sp³-hybridized carbons (Fsp3) is 0.500. The number of halogens is 2. The van der Waals surface area contributed by atoms with Crippen LogP contribution in [0.1, 0.15) is 12.8 Å². The van der Waals surface area contributed by atoms with Crippen molar-refractivity contribution < 1.29 is 0 Å². The molecule has 1 N–H and O–H groups in total. The number of hydrogen-bond acceptors (Lipinski definition) is 4. The Morgan fingerprint density at radius 2 is 2.17 bits per heavy atom. The lowest BCUT2D eigenvalue weighted by Crippen LogP contribution is -2.39. The third-order valence-electron chi connectivity index (χ3n) is 3.03. The predicted octanol–water partition coefficient (Wildman–Crippen LogP) is 3.01. The molecule has 0 aliphatic carbocycles. The van der Waals surface area contributed by atoms with Crippen molar-refractivity contribution in [1.29, 1.82) is 5.26 Å². The molecule has 1 fully saturated rings. The molecule has 96 valence electrons. The minimum Gasteiger partial charge on any atom is -0.366 e. The molecule has 1 aliphatic rings. The molecule has 2 rings (SSSR count). The van der Waals surface area contributed by atoms with Gasteiger partial charge in [-0.25, -0.2) is 4.98 Å². The van der Waals surface area contributed by atoms with Crippen LogP contribution >= 0.6 is 31.9 Å². The molecule has 0 aromatic carbocycles. The van der Waals surface area contributed by atoms with Gasteiger partial charge in [-0.15, -0.1) is 0 Å². The third-order valence-corrected chi connectivity index (χ3v) is 4.07. The van der Waals surface area contributed by atoms with Gasteiger partial charge in [0.2, 0.25) is 0 Å². The monoisotopic (exact) mass is 372 g/mol. The van der Waals surface area contributed by atoms with E-state index >= 15 is 0 Å². The summed E-state index contributed by atoms with van der Waals surface area (Å²) in [5.41, 5.74) is 0.